The van der Waals surface area contributed by atoms with E-state index in [1.807, 2.05) is 30.3 Å². The van der Waals surface area contributed by atoms with Gasteiger partial charge in [0.15, 0.2) is 0 Å². The zero-order chi connectivity index (χ0) is 19.4. The topological polar surface area (TPSA) is 60.9 Å². The van der Waals surface area contributed by atoms with Gasteiger partial charge in [0.05, 0.1) is 11.9 Å². The van der Waals surface area contributed by atoms with Gasteiger partial charge in [0.2, 0.25) is 15.9 Å². The maximum absolute atomic E-state index is 12.7. The summed E-state index contributed by atoms with van der Waals surface area (Å²) in [6, 6.07) is 16.5. The summed E-state index contributed by atoms with van der Waals surface area (Å²) < 4.78 is 25.5. The maximum atomic E-state index is 12.7. The molecule has 0 radical (unpaired) electrons. The Morgan fingerprint density at radius 3 is 2.30 bits per heavy atom. The first-order valence-corrected chi connectivity index (χ1v) is 10.9. The Hall–Kier alpha value is -2.25. The van der Waals surface area contributed by atoms with Crippen molar-refractivity contribution < 1.29 is 13.2 Å². The molecule has 2 aromatic rings. The van der Waals surface area contributed by atoms with Gasteiger partial charge >= 0.3 is 0 Å². The van der Waals surface area contributed by atoms with Crippen LogP contribution in [-0.4, -0.2) is 58.2 Å². The van der Waals surface area contributed by atoms with Gasteiger partial charge in [-0.1, -0.05) is 35.9 Å². The summed E-state index contributed by atoms with van der Waals surface area (Å²) in [6.45, 7) is 2.31. The molecule has 0 atom stereocenters. The zero-order valence-corrected chi connectivity index (χ0v) is 16.7. The molecular formula is C19H22ClN3O3S. The number of carbonyl (C=O) groups is 1. The molecule has 144 valence electrons. The lowest BCUT2D eigenvalue weighted by atomic mass is 10.2. The molecule has 0 saturated carbocycles. The van der Waals surface area contributed by atoms with Gasteiger partial charge in [-0.05, 0) is 30.3 Å². The van der Waals surface area contributed by atoms with Gasteiger partial charge in [0.25, 0.3) is 0 Å². The van der Waals surface area contributed by atoms with E-state index in [9.17, 15) is 13.2 Å². The number of carbonyl (C=O) groups excluding carboxylic acids is 1. The molecule has 1 heterocycles. The molecule has 2 aromatic carbocycles. The molecule has 1 aliphatic rings. The molecule has 3 rings (SSSR count). The van der Waals surface area contributed by atoms with Crippen molar-refractivity contribution in [3.05, 3.63) is 59.6 Å². The molecule has 27 heavy (non-hydrogen) atoms. The fraction of sp³-hybridized carbons (Fsp3) is 0.316. The van der Waals surface area contributed by atoms with E-state index in [0.29, 0.717) is 36.9 Å². The van der Waals surface area contributed by atoms with Crippen molar-refractivity contribution in [1.29, 1.82) is 0 Å². The van der Waals surface area contributed by atoms with Crippen molar-refractivity contribution in [1.82, 2.24) is 4.90 Å². The monoisotopic (exact) mass is 407 g/mol. The van der Waals surface area contributed by atoms with Crippen molar-refractivity contribution in [3.8, 4) is 0 Å². The third kappa shape index (κ3) is 4.93. The van der Waals surface area contributed by atoms with E-state index < -0.39 is 10.0 Å². The third-order valence-corrected chi connectivity index (χ3v) is 5.90. The van der Waals surface area contributed by atoms with Crippen molar-refractivity contribution in [3.63, 3.8) is 0 Å². The van der Waals surface area contributed by atoms with Gasteiger partial charge in [0.1, 0.15) is 6.54 Å². The van der Waals surface area contributed by atoms with Crippen LogP contribution in [-0.2, 0) is 14.8 Å². The highest BCUT2D eigenvalue weighted by Gasteiger charge is 2.26. The van der Waals surface area contributed by atoms with Crippen LogP contribution < -0.4 is 9.21 Å². The summed E-state index contributed by atoms with van der Waals surface area (Å²) in [5.41, 5.74) is 1.52. The molecule has 1 fully saturated rings. The SMILES string of the molecule is CS(=O)(=O)N(CC(=O)N1CCN(c2ccccc2)CC1)c1cccc(Cl)c1. The van der Waals surface area contributed by atoms with Crippen molar-refractivity contribution in [2.24, 2.45) is 0 Å². The molecule has 1 saturated heterocycles. The molecule has 0 unspecified atom stereocenters. The number of amides is 1. The number of anilines is 2. The second kappa shape index (κ2) is 8.19. The molecule has 0 N–H and O–H groups in total. The van der Waals surface area contributed by atoms with Gasteiger partial charge in [-0.3, -0.25) is 9.10 Å². The number of halogens is 1. The predicted octanol–water partition coefficient (Wildman–Crippen LogP) is 2.45. The lowest BCUT2D eigenvalue weighted by molar-refractivity contribution is -0.129. The van der Waals surface area contributed by atoms with E-state index in [-0.39, 0.29) is 12.5 Å². The van der Waals surface area contributed by atoms with E-state index in [4.69, 9.17) is 11.6 Å². The van der Waals surface area contributed by atoms with E-state index in [1.165, 1.54) is 0 Å². The normalized spacial score (nSPS) is 14.9. The quantitative estimate of drug-likeness (QED) is 0.763. The van der Waals surface area contributed by atoms with Gasteiger partial charge in [0, 0.05) is 36.9 Å². The number of benzene rings is 2. The largest absolute Gasteiger partial charge is 0.368 e. The average Bonchev–Trinajstić information content (AvgIpc) is 2.66. The predicted molar refractivity (Wildman–Crippen MR) is 109 cm³/mol. The standard InChI is InChI=1S/C19H22ClN3O3S/c1-27(25,26)23(18-9-5-6-16(20)14-18)15-19(24)22-12-10-21(11-13-22)17-7-3-2-4-8-17/h2-9,14H,10-13,15H2,1H3. The molecule has 6 nitrogen and oxygen atoms in total. The van der Waals surface area contributed by atoms with E-state index >= 15 is 0 Å². The van der Waals surface area contributed by atoms with Crippen molar-refractivity contribution in [2.45, 2.75) is 0 Å². The highest BCUT2D eigenvalue weighted by Crippen LogP contribution is 2.22. The highest BCUT2D eigenvalue weighted by atomic mass is 35.5. The summed E-state index contributed by atoms with van der Waals surface area (Å²) in [4.78, 5) is 16.7. The molecule has 0 spiro atoms. The maximum Gasteiger partial charge on any atom is 0.243 e. The average molecular weight is 408 g/mol. The molecule has 0 aliphatic carbocycles. The Morgan fingerprint density at radius 1 is 1.04 bits per heavy atom. The first-order valence-electron chi connectivity index (χ1n) is 8.65. The number of rotatable bonds is 5. The van der Waals surface area contributed by atoms with Crippen LogP contribution in [0, 0.1) is 0 Å². The molecule has 1 amide bonds. The number of hydrogen-bond acceptors (Lipinski definition) is 4. The van der Waals surface area contributed by atoms with E-state index in [2.05, 4.69) is 4.90 Å². The number of nitrogens with zero attached hydrogens (tertiary/aromatic N) is 3. The third-order valence-electron chi connectivity index (χ3n) is 4.53. The zero-order valence-electron chi connectivity index (χ0n) is 15.1. The molecular weight excluding hydrogens is 386 g/mol. The van der Waals surface area contributed by atoms with Crippen LogP contribution >= 0.6 is 11.6 Å². The summed E-state index contributed by atoms with van der Waals surface area (Å²) in [5, 5.41) is 0.421. The lowest BCUT2D eigenvalue weighted by Gasteiger charge is -2.37. The lowest BCUT2D eigenvalue weighted by Crippen LogP contribution is -2.52. The number of para-hydroxylation sites is 1. The molecule has 8 heteroatoms. The Kier molecular flexibility index (Phi) is 5.92. The highest BCUT2D eigenvalue weighted by molar-refractivity contribution is 7.92. The Balaban J connectivity index is 1.67. The van der Waals surface area contributed by atoms with Crippen LogP contribution in [0.25, 0.3) is 0 Å². The van der Waals surface area contributed by atoms with Gasteiger partial charge < -0.3 is 9.80 Å². The van der Waals surface area contributed by atoms with Crippen LogP contribution in [0.5, 0.6) is 0 Å². The second-order valence-corrected chi connectivity index (χ2v) is 8.80. The summed E-state index contributed by atoms with van der Waals surface area (Å²) in [6.07, 6.45) is 1.09. The van der Waals surface area contributed by atoms with Crippen molar-refractivity contribution >= 4 is 38.9 Å². The number of piperazine rings is 1. The van der Waals surface area contributed by atoms with Crippen LogP contribution in [0.1, 0.15) is 0 Å². The molecule has 1 aliphatic heterocycles. The Bertz CT molecular complexity index is 897. The van der Waals surface area contributed by atoms with Gasteiger partial charge in [-0.25, -0.2) is 8.42 Å². The van der Waals surface area contributed by atoms with Crippen LogP contribution in [0.15, 0.2) is 54.6 Å². The fourth-order valence-corrected chi connectivity index (χ4v) is 4.13. The van der Waals surface area contributed by atoms with E-state index in [1.54, 1.807) is 29.2 Å². The second-order valence-electron chi connectivity index (χ2n) is 6.45. The van der Waals surface area contributed by atoms with Crippen LogP contribution in [0.2, 0.25) is 5.02 Å². The van der Waals surface area contributed by atoms with Crippen LogP contribution in [0.3, 0.4) is 0 Å². The van der Waals surface area contributed by atoms with Crippen molar-refractivity contribution in [2.75, 3.05) is 48.2 Å². The minimum Gasteiger partial charge on any atom is -0.368 e. The summed E-state index contributed by atoms with van der Waals surface area (Å²) in [7, 11) is -3.61. The van der Waals surface area contributed by atoms with Gasteiger partial charge in [-0.15, -0.1) is 0 Å². The number of sulfonamides is 1. The fourth-order valence-electron chi connectivity index (χ4n) is 3.11. The Labute approximate surface area is 165 Å². The van der Waals surface area contributed by atoms with Crippen LogP contribution in [0.4, 0.5) is 11.4 Å². The first kappa shape index (κ1) is 19.5. The number of hydrogen-bond donors (Lipinski definition) is 0. The molecule has 0 aromatic heterocycles. The minimum atomic E-state index is -3.61. The summed E-state index contributed by atoms with van der Waals surface area (Å²) in [5.74, 6) is -0.215. The first-order chi connectivity index (χ1) is 12.8. The minimum absolute atomic E-state index is 0.215. The summed E-state index contributed by atoms with van der Waals surface area (Å²) >= 11 is 5.98. The Morgan fingerprint density at radius 2 is 1.70 bits per heavy atom. The smallest absolute Gasteiger partial charge is 0.243 e. The molecule has 0 bridgehead atoms. The van der Waals surface area contributed by atoms with E-state index in [0.717, 1.165) is 16.2 Å². The van der Waals surface area contributed by atoms with Gasteiger partial charge in [-0.2, -0.15) is 0 Å².